The molecule has 1 aliphatic rings. The molecule has 1 unspecified atom stereocenters. The van der Waals surface area contributed by atoms with E-state index in [1.165, 1.54) is 29.7 Å². The molecule has 0 saturated heterocycles. The average Bonchev–Trinajstić information content (AvgIpc) is 2.75. The molecule has 1 aliphatic carbocycles. The van der Waals surface area contributed by atoms with Crippen LogP contribution < -0.4 is 5.73 Å². The quantitative estimate of drug-likeness (QED) is 0.524. The molecule has 0 spiro atoms. The maximum absolute atomic E-state index is 14.3. The fourth-order valence-corrected chi connectivity index (χ4v) is 4.53. The van der Waals surface area contributed by atoms with Gasteiger partial charge in [-0.1, -0.05) is 24.1 Å². The Bertz CT molecular complexity index is 647. The SMILES string of the molecule is NC(c1cc2c(s1)CCCCC2)c1ccc(Br)c(Cl)c1F. The smallest absolute Gasteiger partial charge is 0.148 e. The van der Waals surface area contributed by atoms with Gasteiger partial charge < -0.3 is 5.73 Å². The third-order valence-corrected chi connectivity index (χ3v) is 6.55. The van der Waals surface area contributed by atoms with E-state index in [2.05, 4.69) is 22.0 Å². The summed E-state index contributed by atoms with van der Waals surface area (Å²) >= 11 is 10.9. The van der Waals surface area contributed by atoms with Crippen molar-refractivity contribution in [1.29, 1.82) is 0 Å². The monoisotopic (exact) mass is 387 g/mol. The lowest BCUT2D eigenvalue weighted by molar-refractivity contribution is 0.600. The molecule has 1 aromatic heterocycles. The van der Waals surface area contributed by atoms with Crippen molar-refractivity contribution in [3.05, 3.63) is 54.4 Å². The normalized spacial score (nSPS) is 16.4. The molecule has 1 heterocycles. The lowest BCUT2D eigenvalue weighted by atomic mass is 10.0. The molecule has 1 nitrogen and oxygen atoms in total. The van der Waals surface area contributed by atoms with Crippen LogP contribution in [-0.2, 0) is 12.8 Å². The fourth-order valence-electron chi connectivity index (χ4n) is 2.78. The number of aryl methyl sites for hydroxylation is 2. The van der Waals surface area contributed by atoms with Gasteiger partial charge in [0.15, 0.2) is 0 Å². The number of fused-ring (bicyclic) bond motifs is 1. The number of nitrogens with two attached hydrogens (primary N) is 1. The zero-order chi connectivity index (χ0) is 15.0. The minimum Gasteiger partial charge on any atom is -0.320 e. The third kappa shape index (κ3) is 3.04. The van der Waals surface area contributed by atoms with Gasteiger partial charge in [0.05, 0.1) is 11.1 Å². The molecule has 0 bridgehead atoms. The highest BCUT2D eigenvalue weighted by Crippen LogP contribution is 2.37. The van der Waals surface area contributed by atoms with E-state index in [0.29, 0.717) is 10.0 Å². The number of rotatable bonds is 2. The Kier molecular flexibility index (Phi) is 4.69. The Labute approximate surface area is 141 Å². The maximum Gasteiger partial charge on any atom is 0.148 e. The molecule has 2 N–H and O–H groups in total. The number of thiophene rings is 1. The number of halogens is 3. The zero-order valence-electron chi connectivity index (χ0n) is 11.5. The van der Waals surface area contributed by atoms with Gasteiger partial charge in [-0.05, 0) is 59.3 Å². The summed E-state index contributed by atoms with van der Waals surface area (Å²) in [6.07, 6.45) is 6.00. The zero-order valence-corrected chi connectivity index (χ0v) is 14.6. The minimum absolute atomic E-state index is 0.0982. The standard InChI is InChI=1S/C16H16BrClFNS/c17-11-7-6-10(15(19)14(11)18)16(20)13-8-9-4-2-1-3-5-12(9)21-13/h6-8,16H,1-5,20H2. The van der Waals surface area contributed by atoms with Gasteiger partial charge >= 0.3 is 0 Å². The Morgan fingerprint density at radius 3 is 2.81 bits per heavy atom. The van der Waals surface area contributed by atoms with E-state index < -0.39 is 11.9 Å². The van der Waals surface area contributed by atoms with Crippen LogP contribution in [0, 0.1) is 5.82 Å². The molecule has 2 aromatic rings. The third-order valence-electron chi connectivity index (χ3n) is 3.97. The molecule has 0 saturated carbocycles. The lowest BCUT2D eigenvalue weighted by Crippen LogP contribution is -2.12. The highest BCUT2D eigenvalue weighted by molar-refractivity contribution is 9.10. The lowest BCUT2D eigenvalue weighted by Gasteiger charge is -2.13. The van der Waals surface area contributed by atoms with E-state index in [1.54, 1.807) is 23.5 Å². The molecule has 1 aromatic carbocycles. The molecule has 3 rings (SSSR count). The van der Waals surface area contributed by atoms with Crippen LogP contribution in [-0.4, -0.2) is 0 Å². The van der Waals surface area contributed by atoms with Gasteiger partial charge in [-0.15, -0.1) is 11.3 Å². The van der Waals surface area contributed by atoms with Crippen molar-refractivity contribution in [3.63, 3.8) is 0 Å². The summed E-state index contributed by atoms with van der Waals surface area (Å²) in [5, 5.41) is 0.0982. The van der Waals surface area contributed by atoms with Crippen LogP contribution in [0.3, 0.4) is 0 Å². The predicted molar refractivity (Wildman–Crippen MR) is 90.7 cm³/mol. The van der Waals surface area contributed by atoms with Gasteiger partial charge in [-0.3, -0.25) is 0 Å². The fraction of sp³-hybridized carbons (Fsp3) is 0.375. The van der Waals surface area contributed by atoms with Crippen LogP contribution in [0.25, 0.3) is 0 Å². The Hall–Kier alpha value is -0.420. The van der Waals surface area contributed by atoms with E-state index in [4.69, 9.17) is 17.3 Å². The second-order valence-corrected chi connectivity index (χ2v) is 7.80. The highest BCUT2D eigenvalue weighted by atomic mass is 79.9. The second-order valence-electron chi connectivity index (χ2n) is 5.40. The van der Waals surface area contributed by atoms with Crippen LogP contribution in [0.15, 0.2) is 22.7 Å². The van der Waals surface area contributed by atoms with Crippen molar-refractivity contribution in [1.82, 2.24) is 0 Å². The molecule has 0 aliphatic heterocycles. The molecule has 21 heavy (non-hydrogen) atoms. The first kappa shape index (κ1) is 15.5. The molecular weight excluding hydrogens is 373 g/mol. The Morgan fingerprint density at radius 1 is 1.24 bits per heavy atom. The van der Waals surface area contributed by atoms with Gasteiger partial charge in [-0.2, -0.15) is 0 Å². The van der Waals surface area contributed by atoms with Crippen LogP contribution >= 0.6 is 38.9 Å². The summed E-state index contributed by atoms with van der Waals surface area (Å²) in [6, 6.07) is 5.17. The Morgan fingerprint density at radius 2 is 2.00 bits per heavy atom. The second kappa shape index (κ2) is 6.37. The minimum atomic E-state index is -0.451. The van der Waals surface area contributed by atoms with E-state index in [1.807, 2.05) is 0 Å². The number of hydrogen-bond acceptors (Lipinski definition) is 2. The summed E-state index contributed by atoms with van der Waals surface area (Å²) in [5.41, 5.74) is 8.14. The van der Waals surface area contributed by atoms with Crippen molar-refractivity contribution in [2.24, 2.45) is 5.73 Å². The molecule has 1 atom stereocenters. The van der Waals surface area contributed by atoms with E-state index in [0.717, 1.165) is 17.7 Å². The van der Waals surface area contributed by atoms with Crippen molar-refractivity contribution in [2.45, 2.75) is 38.1 Å². The van der Waals surface area contributed by atoms with Crippen LogP contribution in [0.5, 0.6) is 0 Å². The topological polar surface area (TPSA) is 26.0 Å². The van der Waals surface area contributed by atoms with E-state index in [-0.39, 0.29) is 5.02 Å². The maximum atomic E-state index is 14.3. The summed E-state index contributed by atoms with van der Waals surface area (Å²) in [4.78, 5) is 2.45. The Balaban J connectivity index is 1.95. The predicted octanol–water partition coefficient (Wildman–Crippen LogP) is 5.62. The van der Waals surface area contributed by atoms with Crippen molar-refractivity contribution in [2.75, 3.05) is 0 Å². The molecule has 0 amide bonds. The molecule has 0 fully saturated rings. The summed E-state index contributed by atoms with van der Waals surface area (Å²) in [5.74, 6) is -0.429. The molecular formula is C16H16BrClFNS. The van der Waals surface area contributed by atoms with Gasteiger partial charge in [0.25, 0.3) is 0 Å². The van der Waals surface area contributed by atoms with E-state index >= 15 is 0 Å². The van der Waals surface area contributed by atoms with Gasteiger partial charge in [0.1, 0.15) is 5.82 Å². The molecule has 0 radical (unpaired) electrons. The first-order valence-corrected chi connectivity index (χ1v) is 9.07. The number of benzene rings is 1. The van der Waals surface area contributed by atoms with E-state index in [9.17, 15) is 4.39 Å². The highest BCUT2D eigenvalue weighted by Gasteiger charge is 2.21. The van der Waals surface area contributed by atoms with Crippen LogP contribution in [0.1, 0.15) is 46.2 Å². The van der Waals surface area contributed by atoms with Crippen LogP contribution in [0.2, 0.25) is 5.02 Å². The van der Waals surface area contributed by atoms with Crippen LogP contribution in [0.4, 0.5) is 4.39 Å². The first-order valence-electron chi connectivity index (χ1n) is 7.08. The largest absolute Gasteiger partial charge is 0.320 e. The van der Waals surface area contributed by atoms with Gasteiger partial charge in [0.2, 0.25) is 0 Å². The average molecular weight is 389 g/mol. The molecule has 5 heteroatoms. The number of hydrogen-bond donors (Lipinski definition) is 1. The summed E-state index contributed by atoms with van der Waals surface area (Å²) in [6.45, 7) is 0. The van der Waals surface area contributed by atoms with Crippen molar-refractivity contribution < 1.29 is 4.39 Å². The van der Waals surface area contributed by atoms with Crippen molar-refractivity contribution >= 4 is 38.9 Å². The van der Waals surface area contributed by atoms with Gasteiger partial charge in [-0.25, -0.2) is 4.39 Å². The molecule has 112 valence electrons. The van der Waals surface area contributed by atoms with Crippen molar-refractivity contribution in [3.8, 4) is 0 Å². The summed E-state index contributed by atoms with van der Waals surface area (Å²) < 4.78 is 14.9. The summed E-state index contributed by atoms with van der Waals surface area (Å²) in [7, 11) is 0. The first-order chi connectivity index (χ1) is 10.1. The van der Waals surface area contributed by atoms with Gasteiger partial charge in [0, 0.05) is 19.8 Å².